The number of fused-ring (bicyclic) bond motifs is 1. The number of hydrogen-bond acceptors (Lipinski definition) is 3. The summed E-state index contributed by atoms with van der Waals surface area (Å²) in [5, 5.41) is 1.08. The Kier molecular flexibility index (Phi) is 4.32. The first kappa shape index (κ1) is 13.5. The van der Waals surface area contributed by atoms with E-state index in [-0.39, 0.29) is 11.9 Å². The number of hydrazine groups is 1. The van der Waals surface area contributed by atoms with E-state index in [9.17, 15) is 4.39 Å². The predicted molar refractivity (Wildman–Crippen MR) is 75.9 cm³/mol. The van der Waals surface area contributed by atoms with Crippen LogP contribution < -0.4 is 11.3 Å². The predicted octanol–water partition coefficient (Wildman–Crippen LogP) is 3.98. The highest BCUT2D eigenvalue weighted by atomic mass is 32.1. The molecule has 2 unspecified atom stereocenters. The van der Waals surface area contributed by atoms with Gasteiger partial charge in [0.1, 0.15) is 5.82 Å². The van der Waals surface area contributed by atoms with Gasteiger partial charge < -0.3 is 0 Å². The Morgan fingerprint density at radius 1 is 1.39 bits per heavy atom. The first-order chi connectivity index (χ1) is 8.65. The van der Waals surface area contributed by atoms with E-state index in [0.29, 0.717) is 5.92 Å². The fraction of sp³-hybridized carbons (Fsp3) is 0.429. The third-order valence-corrected chi connectivity index (χ3v) is 4.48. The summed E-state index contributed by atoms with van der Waals surface area (Å²) in [7, 11) is 0. The Bertz CT molecular complexity index is 523. The molecule has 2 aromatic rings. The van der Waals surface area contributed by atoms with E-state index in [1.165, 1.54) is 10.9 Å². The van der Waals surface area contributed by atoms with Gasteiger partial charge in [0.25, 0.3) is 0 Å². The molecule has 0 spiro atoms. The summed E-state index contributed by atoms with van der Waals surface area (Å²) in [5.74, 6) is 5.96. The average Bonchev–Trinajstić information content (AvgIpc) is 2.72. The van der Waals surface area contributed by atoms with Crippen LogP contribution in [0.1, 0.15) is 37.6 Å². The number of hydrogen-bond donors (Lipinski definition) is 2. The van der Waals surface area contributed by atoms with E-state index in [1.807, 2.05) is 6.07 Å². The highest BCUT2D eigenvalue weighted by molar-refractivity contribution is 7.19. The minimum Gasteiger partial charge on any atom is -0.271 e. The zero-order valence-corrected chi connectivity index (χ0v) is 11.6. The Morgan fingerprint density at radius 2 is 2.17 bits per heavy atom. The number of nitrogens with two attached hydrogens (primary N) is 1. The molecule has 0 bridgehead atoms. The molecule has 0 fully saturated rings. The van der Waals surface area contributed by atoms with E-state index < -0.39 is 0 Å². The van der Waals surface area contributed by atoms with Gasteiger partial charge in [0.2, 0.25) is 0 Å². The second-order valence-corrected chi connectivity index (χ2v) is 5.86. The van der Waals surface area contributed by atoms with Gasteiger partial charge in [0, 0.05) is 9.58 Å². The summed E-state index contributed by atoms with van der Waals surface area (Å²) in [6.45, 7) is 4.36. The van der Waals surface area contributed by atoms with Gasteiger partial charge in [-0.1, -0.05) is 26.3 Å². The van der Waals surface area contributed by atoms with Crippen LogP contribution in [0.15, 0.2) is 24.3 Å². The summed E-state index contributed by atoms with van der Waals surface area (Å²) in [6.07, 6.45) is 2.26. The molecule has 1 aromatic heterocycles. The molecule has 1 aromatic carbocycles. The number of rotatable bonds is 5. The van der Waals surface area contributed by atoms with Crippen LogP contribution in [0.5, 0.6) is 0 Å². The maximum atomic E-state index is 13.2. The topological polar surface area (TPSA) is 38.0 Å². The van der Waals surface area contributed by atoms with Gasteiger partial charge in [0.05, 0.1) is 6.04 Å². The van der Waals surface area contributed by atoms with Crippen LogP contribution in [0.2, 0.25) is 0 Å². The fourth-order valence-corrected chi connectivity index (χ4v) is 3.61. The summed E-state index contributed by atoms with van der Waals surface area (Å²) in [5.41, 5.74) is 2.90. The van der Waals surface area contributed by atoms with Crippen LogP contribution in [0.25, 0.3) is 10.1 Å². The zero-order chi connectivity index (χ0) is 13.1. The van der Waals surface area contributed by atoms with Gasteiger partial charge >= 0.3 is 0 Å². The molecule has 0 saturated heterocycles. The number of benzene rings is 1. The van der Waals surface area contributed by atoms with Crippen LogP contribution in [-0.2, 0) is 0 Å². The summed E-state index contributed by atoms with van der Waals surface area (Å²) >= 11 is 1.62. The first-order valence-electron chi connectivity index (χ1n) is 6.30. The summed E-state index contributed by atoms with van der Waals surface area (Å²) < 4.78 is 14.2. The molecule has 0 saturated carbocycles. The highest BCUT2D eigenvalue weighted by Crippen LogP contribution is 2.34. The maximum absolute atomic E-state index is 13.2. The van der Waals surface area contributed by atoms with Gasteiger partial charge in [-0.25, -0.2) is 4.39 Å². The number of nitrogens with one attached hydrogen (secondary N) is 1. The lowest BCUT2D eigenvalue weighted by Gasteiger charge is -2.21. The van der Waals surface area contributed by atoms with Crippen molar-refractivity contribution in [3.63, 3.8) is 0 Å². The molecule has 1 heterocycles. The van der Waals surface area contributed by atoms with Gasteiger partial charge in [-0.3, -0.25) is 11.3 Å². The van der Waals surface area contributed by atoms with E-state index in [1.54, 1.807) is 17.4 Å². The average molecular weight is 266 g/mol. The molecule has 98 valence electrons. The van der Waals surface area contributed by atoms with Crippen molar-refractivity contribution in [3.05, 3.63) is 35.0 Å². The fourth-order valence-electron chi connectivity index (χ4n) is 2.33. The van der Waals surface area contributed by atoms with Gasteiger partial charge in [-0.05, 0) is 35.9 Å². The molecule has 0 aliphatic rings. The SMILES string of the molecule is CCCC(C)C(NN)c1cc2ccc(F)cc2s1. The molecular formula is C14H19FN2S. The van der Waals surface area contributed by atoms with Crippen molar-refractivity contribution >= 4 is 21.4 Å². The Labute approximate surface area is 111 Å². The van der Waals surface area contributed by atoms with Gasteiger partial charge in [-0.15, -0.1) is 11.3 Å². The largest absolute Gasteiger partial charge is 0.271 e. The Morgan fingerprint density at radius 3 is 2.83 bits per heavy atom. The van der Waals surface area contributed by atoms with Crippen molar-refractivity contribution in [2.24, 2.45) is 11.8 Å². The normalized spacial score (nSPS) is 14.9. The summed E-state index contributed by atoms with van der Waals surface area (Å²) in [6, 6.07) is 7.16. The van der Waals surface area contributed by atoms with Crippen LogP contribution in [0.4, 0.5) is 4.39 Å². The standard InChI is InChI=1S/C14H19FN2S/c1-3-4-9(2)14(17-16)13-7-10-5-6-11(15)8-12(10)18-13/h5-9,14,17H,3-4,16H2,1-2H3. The molecule has 2 rings (SSSR count). The molecule has 2 nitrogen and oxygen atoms in total. The maximum Gasteiger partial charge on any atom is 0.124 e. The van der Waals surface area contributed by atoms with E-state index >= 15 is 0 Å². The lowest BCUT2D eigenvalue weighted by atomic mass is 9.96. The van der Waals surface area contributed by atoms with Crippen molar-refractivity contribution in [2.75, 3.05) is 0 Å². The minimum absolute atomic E-state index is 0.144. The Hall–Kier alpha value is -0.970. The molecule has 0 aliphatic carbocycles. The van der Waals surface area contributed by atoms with E-state index in [4.69, 9.17) is 5.84 Å². The third kappa shape index (κ3) is 2.71. The number of halogens is 1. The highest BCUT2D eigenvalue weighted by Gasteiger charge is 2.19. The first-order valence-corrected chi connectivity index (χ1v) is 7.12. The molecule has 4 heteroatoms. The van der Waals surface area contributed by atoms with Crippen molar-refractivity contribution in [1.82, 2.24) is 5.43 Å². The molecule has 0 radical (unpaired) electrons. The molecule has 0 amide bonds. The smallest absolute Gasteiger partial charge is 0.124 e. The quantitative estimate of drug-likeness (QED) is 0.634. The van der Waals surface area contributed by atoms with Gasteiger partial charge in [-0.2, -0.15) is 0 Å². The van der Waals surface area contributed by atoms with Crippen LogP contribution >= 0.6 is 11.3 Å². The van der Waals surface area contributed by atoms with Crippen molar-refractivity contribution < 1.29 is 4.39 Å². The van der Waals surface area contributed by atoms with Crippen molar-refractivity contribution in [2.45, 2.75) is 32.7 Å². The lowest BCUT2D eigenvalue weighted by Crippen LogP contribution is -2.31. The molecule has 3 N–H and O–H groups in total. The lowest BCUT2D eigenvalue weighted by molar-refractivity contribution is 0.373. The van der Waals surface area contributed by atoms with Crippen molar-refractivity contribution in [1.29, 1.82) is 0 Å². The second kappa shape index (κ2) is 5.78. The van der Waals surface area contributed by atoms with Gasteiger partial charge in [0.15, 0.2) is 0 Å². The summed E-state index contributed by atoms with van der Waals surface area (Å²) in [4.78, 5) is 1.18. The monoisotopic (exact) mass is 266 g/mol. The van der Waals surface area contributed by atoms with Crippen LogP contribution in [0.3, 0.4) is 0 Å². The van der Waals surface area contributed by atoms with E-state index in [2.05, 4.69) is 25.3 Å². The molecule has 18 heavy (non-hydrogen) atoms. The van der Waals surface area contributed by atoms with Crippen molar-refractivity contribution in [3.8, 4) is 0 Å². The van der Waals surface area contributed by atoms with Crippen LogP contribution in [-0.4, -0.2) is 0 Å². The minimum atomic E-state index is -0.185. The Balaban J connectivity index is 2.33. The van der Waals surface area contributed by atoms with Crippen LogP contribution in [0, 0.1) is 11.7 Å². The molecule has 0 aliphatic heterocycles. The molecular weight excluding hydrogens is 247 g/mol. The third-order valence-electron chi connectivity index (χ3n) is 3.30. The number of thiophene rings is 1. The van der Waals surface area contributed by atoms with E-state index in [0.717, 1.165) is 22.9 Å². The molecule has 2 atom stereocenters. The second-order valence-electron chi connectivity index (χ2n) is 4.74. The zero-order valence-electron chi connectivity index (χ0n) is 10.7.